The fourth-order valence-corrected chi connectivity index (χ4v) is 3.21. The molecule has 0 amide bonds. The standard InChI is InChI=1S/C13H23N3O4S/c1-5-6-16-8-12(14-10(16)4)21(19,20)15-11(13(17)18)7-9(2)3/h8-9,11,15H,5-7H2,1-4H3,(H,17,18)/t11-/m0/s1. The zero-order valence-corrected chi connectivity index (χ0v) is 13.6. The summed E-state index contributed by atoms with van der Waals surface area (Å²) in [4.78, 5) is 15.2. The van der Waals surface area contributed by atoms with Crippen LogP contribution < -0.4 is 4.72 Å². The van der Waals surface area contributed by atoms with E-state index in [4.69, 9.17) is 5.11 Å². The highest BCUT2D eigenvalue weighted by Crippen LogP contribution is 2.13. The Labute approximate surface area is 125 Å². The van der Waals surface area contributed by atoms with Gasteiger partial charge in [-0.2, -0.15) is 4.72 Å². The molecule has 0 saturated heterocycles. The molecule has 2 N–H and O–H groups in total. The molecule has 0 saturated carbocycles. The molecule has 0 radical (unpaired) electrons. The number of hydrogen-bond acceptors (Lipinski definition) is 4. The zero-order valence-electron chi connectivity index (χ0n) is 12.8. The van der Waals surface area contributed by atoms with E-state index in [1.54, 1.807) is 11.5 Å². The third kappa shape index (κ3) is 4.82. The first kappa shape index (κ1) is 17.6. The number of sulfonamides is 1. The first-order valence-electron chi connectivity index (χ1n) is 6.96. The molecule has 1 rings (SSSR count). The van der Waals surface area contributed by atoms with E-state index in [0.717, 1.165) is 6.42 Å². The Morgan fingerprint density at radius 1 is 1.48 bits per heavy atom. The molecule has 1 aromatic heterocycles. The molecule has 0 bridgehead atoms. The smallest absolute Gasteiger partial charge is 0.321 e. The van der Waals surface area contributed by atoms with Crippen LogP contribution in [0.4, 0.5) is 0 Å². The van der Waals surface area contributed by atoms with E-state index in [2.05, 4.69) is 9.71 Å². The van der Waals surface area contributed by atoms with Crippen LogP contribution >= 0.6 is 0 Å². The Kier molecular flexibility index (Phi) is 5.91. The van der Waals surface area contributed by atoms with E-state index >= 15 is 0 Å². The Morgan fingerprint density at radius 3 is 2.57 bits per heavy atom. The van der Waals surface area contributed by atoms with Crippen LogP contribution in [0.2, 0.25) is 0 Å². The van der Waals surface area contributed by atoms with Crippen LogP contribution in [0.15, 0.2) is 11.2 Å². The van der Waals surface area contributed by atoms with Crippen molar-refractivity contribution in [2.24, 2.45) is 5.92 Å². The SMILES string of the molecule is CCCn1cc(S(=O)(=O)N[C@@H](CC(C)C)C(=O)O)nc1C. The highest BCUT2D eigenvalue weighted by molar-refractivity contribution is 7.89. The number of aliphatic carboxylic acids is 1. The van der Waals surface area contributed by atoms with Crippen molar-refractivity contribution >= 4 is 16.0 Å². The number of nitrogens with one attached hydrogen (secondary N) is 1. The Hall–Kier alpha value is -1.41. The van der Waals surface area contributed by atoms with Gasteiger partial charge >= 0.3 is 5.97 Å². The largest absolute Gasteiger partial charge is 0.480 e. The van der Waals surface area contributed by atoms with Crippen molar-refractivity contribution in [3.05, 3.63) is 12.0 Å². The summed E-state index contributed by atoms with van der Waals surface area (Å²) >= 11 is 0. The van der Waals surface area contributed by atoms with Gasteiger partial charge in [0.15, 0.2) is 5.03 Å². The molecule has 1 aromatic rings. The molecular weight excluding hydrogens is 294 g/mol. The van der Waals surface area contributed by atoms with Gasteiger partial charge in [0.1, 0.15) is 11.9 Å². The maximum absolute atomic E-state index is 12.2. The van der Waals surface area contributed by atoms with Gasteiger partial charge in [0, 0.05) is 12.7 Å². The lowest BCUT2D eigenvalue weighted by molar-refractivity contribution is -0.139. The van der Waals surface area contributed by atoms with Gasteiger partial charge in [-0.3, -0.25) is 4.79 Å². The van der Waals surface area contributed by atoms with E-state index in [9.17, 15) is 13.2 Å². The van der Waals surface area contributed by atoms with Crippen molar-refractivity contribution in [2.45, 2.75) is 58.1 Å². The van der Waals surface area contributed by atoms with E-state index in [1.807, 2.05) is 20.8 Å². The van der Waals surface area contributed by atoms with Crippen molar-refractivity contribution in [2.75, 3.05) is 0 Å². The average molecular weight is 317 g/mol. The molecule has 8 heteroatoms. The van der Waals surface area contributed by atoms with E-state index in [0.29, 0.717) is 12.4 Å². The first-order valence-corrected chi connectivity index (χ1v) is 8.44. The van der Waals surface area contributed by atoms with Gasteiger partial charge in [0.05, 0.1) is 0 Å². The van der Waals surface area contributed by atoms with Crippen LogP contribution in [0.1, 0.15) is 39.4 Å². The number of rotatable bonds is 8. The maximum atomic E-state index is 12.2. The van der Waals surface area contributed by atoms with Crippen LogP contribution in [-0.4, -0.2) is 35.1 Å². The third-order valence-electron chi connectivity index (χ3n) is 3.00. The molecule has 120 valence electrons. The molecule has 1 heterocycles. The molecule has 7 nitrogen and oxygen atoms in total. The summed E-state index contributed by atoms with van der Waals surface area (Å²) in [6.07, 6.45) is 2.52. The fourth-order valence-electron chi connectivity index (χ4n) is 1.99. The number of carboxylic acid groups (broad SMARTS) is 1. The molecule has 0 aliphatic heterocycles. The summed E-state index contributed by atoms with van der Waals surface area (Å²) in [5.41, 5.74) is 0. The van der Waals surface area contributed by atoms with Crippen LogP contribution in [0.25, 0.3) is 0 Å². The monoisotopic (exact) mass is 317 g/mol. The minimum absolute atomic E-state index is 0.0631. The van der Waals surface area contributed by atoms with Crippen molar-refractivity contribution in [3.63, 3.8) is 0 Å². The molecular formula is C13H23N3O4S. The Balaban J connectivity index is 2.99. The minimum atomic E-state index is -3.93. The lowest BCUT2D eigenvalue weighted by Gasteiger charge is -2.15. The number of carbonyl (C=O) groups is 1. The highest BCUT2D eigenvalue weighted by atomic mass is 32.2. The van der Waals surface area contributed by atoms with Crippen molar-refractivity contribution in [1.82, 2.24) is 14.3 Å². The maximum Gasteiger partial charge on any atom is 0.321 e. The lowest BCUT2D eigenvalue weighted by atomic mass is 10.1. The average Bonchev–Trinajstić information content (AvgIpc) is 2.70. The second-order valence-corrected chi connectivity index (χ2v) is 7.12. The second kappa shape index (κ2) is 7.04. The van der Waals surface area contributed by atoms with E-state index < -0.39 is 22.0 Å². The quantitative estimate of drug-likeness (QED) is 0.754. The second-order valence-electron chi connectivity index (χ2n) is 5.46. The van der Waals surface area contributed by atoms with Crippen LogP contribution in [0.3, 0.4) is 0 Å². The topological polar surface area (TPSA) is 101 Å². The number of aryl methyl sites for hydroxylation is 2. The van der Waals surface area contributed by atoms with Crippen molar-refractivity contribution in [1.29, 1.82) is 0 Å². The molecule has 0 aliphatic carbocycles. The van der Waals surface area contributed by atoms with Gasteiger partial charge in [-0.1, -0.05) is 20.8 Å². The molecule has 21 heavy (non-hydrogen) atoms. The molecule has 0 aliphatic rings. The molecule has 0 fully saturated rings. The predicted octanol–water partition coefficient (Wildman–Crippen LogP) is 1.38. The summed E-state index contributed by atoms with van der Waals surface area (Å²) in [6, 6.07) is -1.15. The zero-order chi connectivity index (χ0) is 16.2. The minimum Gasteiger partial charge on any atom is -0.480 e. The van der Waals surface area contributed by atoms with Gasteiger partial charge in [-0.05, 0) is 25.7 Å². The van der Waals surface area contributed by atoms with Crippen LogP contribution in [-0.2, 0) is 21.4 Å². The van der Waals surface area contributed by atoms with Crippen molar-refractivity contribution < 1.29 is 18.3 Å². The number of aromatic nitrogens is 2. The predicted molar refractivity (Wildman–Crippen MR) is 78.5 cm³/mol. The van der Waals surface area contributed by atoms with Crippen LogP contribution in [0, 0.1) is 12.8 Å². The number of carboxylic acids is 1. The van der Waals surface area contributed by atoms with Gasteiger partial charge in [0.2, 0.25) is 0 Å². The normalized spacial score (nSPS) is 13.6. The Bertz CT molecular complexity index is 593. The summed E-state index contributed by atoms with van der Waals surface area (Å²) in [7, 11) is -3.93. The summed E-state index contributed by atoms with van der Waals surface area (Å²) in [5.74, 6) is -0.530. The van der Waals surface area contributed by atoms with E-state index in [1.165, 1.54) is 6.20 Å². The number of imidazole rings is 1. The lowest BCUT2D eigenvalue weighted by Crippen LogP contribution is -2.41. The fraction of sp³-hybridized carbons (Fsp3) is 0.692. The molecule has 0 spiro atoms. The summed E-state index contributed by atoms with van der Waals surface area (Å²) in [6.45, 7) is 8.05. The third-order valence-corrected chi connectivity index (χ3v) is 4.34. The molecule has 0 aromatic carbocycles. The van der Waals surface area contributed by atoms with Gasteiger partial charge < -0.3 is 9.67 Å². The first-order chi connectivity index (χ1) is 9.67. The van der Waals surface area contributed by atoms with Gasteiger partial charge in [0.25, 0.3) is 10.0 Å². The number of hydrogen-bond donors (Lipinski definition) is 2. The Morgan fingerprint density at radius 2 is 2.10 bits per heavy atom. The summed E-state index contributed by atoms with van der Waals surface area (Å²) in [5, 5.41) is 8.99. The van der Waals surface area contributed by atoms with E-state index in [-0.39, 0.29) is 17.4 Å². The van der Waals surface area contributed by atoms with Gasteiger partial charge in [-0.15, -0.1) is 0 Å². The molecule has 0 unspecified atom stereocenters. The highest BCUT2D eigenvalue weighted by Gasteiger charge is 2.28. The molecule has 1 atom stereocenters. The van der Waals surface area contributed by atoms with Gasteiger partial charge in [-0.25, -0.2) is 13.4 Å². The number of nitrogens with zero attached hydrogens (tertiary/aromatic N) is 2. The summed E-state index contributed by atoms with van der Waals surface area (Å²) < 4.78 is 28.5. The van der Waals surface area contributed by atoms with Crippen LogP contribution in [0.5, 0.6) is 0 Å². The van der Waals surface area contributed by atoms with Crippen molar-refractivity contribution in [3.8, 4) is 0 Å².